The van der Waals surface area contributed by atoms with E-state index in [9.17, 15) is 33.0 Å². The summed E-state index contributed by atoms with van der Waals surface area (Å²) in [7, 11) is 0. The minimum Gasteiger partial charge on any atom is -0.507 e. The molecule has 0 bridgehead atoms. The molecule has 5 rings (SSSR count). The molecular weight excluding hydrogens is 483 g/mol. The number of hydrogen-bond donors (Lipinski definition) is 2. The van der Waals surface area contributed by atoms with Crippen molar-refractivity contribution in [1.82, 2.24) is 0 Å². The summed E-state index contributed by atoms with van der Waals surface area (Å²) in [5.74, 6) is -2.52. The van der Waals surface area contributed by atoms with Gasteiger partial charge in [-0.2, -0.15) is 13.2 Å². The second-order valence-corrected chi connectivity index (χ2v) is 8.83. The lowest BCUT2D eigenvalue weighted by Gasteiger charge is -2.18. The Kier molecular flexibility index (Phi) is 5.36. The molecule has 9 heteroatoms. The zero-order valence-electron chi connectivity index (χ0n) is 17.9. The molecule has 2 aliphatic rings. The summed E-state index contributed by atoms with van der Waals surface area (Å²) in [6, 6.07) is 12.1. The van der Waals surface area contributed by atoms with Gasteiger partial charge in [0.1, 0.15) is 11.3 Å². The van der Waals surface area contributed by atoms with Crippen LogP contribution in [0.3, 0.4) is 0 Å². The lowest BCUT2D eigenvalue weighted by Crippen LogP contribution is -2.20. The van der Waals surface area contributed by atoms with Crippen molar-refractivity contribution in [3.63, 3.8) is 0 Å². The number of carboxylic acid groups (broad SMARTS) is 1. The van der Waals surface area contributed by atoms with Crippen LogP contribution in [0.2, 0.25) is 5.02 Å². The van der Waals surface area contributed by atoms with E-state index < -0.39 is 34.9 Å². The Labute approximate surface area is 202 Å². The first kappa shape index (κ1) is 23.0. The van der Waals surface area contributed by atoms with Crippen LogP contribution in [0.25, 0.3) is 11.6 Å². The second kappa shape index (κ2) is 8.16. The van der Waals surface area contributed by atoms with Gasteiger partial charge in [-0.1, -0.05) is 29.8 Å². The van der Waals surface area contributed by atoms with Crippen molar-refractivity contribution in [1.29, 1.82) is 0 Å². The molecule has 0 unspecified atom stereocenters. The fourth-order valence-corrected chi connectivity index (χ4v) is 4.65. The Morgan fingerprint density at radius 3 is 2.43 bits per heavy atom. The average Bonchev–Trinajstić information content (AvgIpc) is 3.59. The standard InChI is InChI=1S/C26H17ClF3NO4/c27-20-5-1-3-15(13-7-8-13)17(20)12-18-23-19(26(28,29)30)4-2-6-21(23)31(24(18)33)14-9-10-16(25(34)35)22(32)11-14/h1-6,9-13,32H,7-8H2,(H,34,35)/b18-12-. The number of aromatic hydroxyl groups is 1. The van der Waals surface area contributed by atoms with Crippen LogP contribution in [-0.2, 0) is 11.0 Å². The molecule has 1 heterocycles. The number of amides is 1. The predicted octanol–water partition coefficient (Wildman–Crippen LogP) is 6.86. The first-order valence-electron chi connectivity index (χ1n) is 10.7. The van der Waals surface area contributed by atoms with E-state index in [1.165, 1.54) is 24.3 Å². The number of hydrogen-bond acceptors (Lipinski definition) is 3. The van der Waals surface area contributed by atoms with Crippen molar-refractivity contribution in [2.45, 2.75) is 24.9 Å². The molecule has 2 N–H and O–H groups in total. The maximum Gasteiger partial charge on any atom is 0.417 e. The van der Waals surface area contributed by atoms with Crippen LogP contribution in [-0.4, -0.2) is 22.1 Å². The van der Waals surface area contributed by atoms with E-state index in [0.717, 1.165) is 41.5 Å². The summed E-state index contributed by atoms with van der Waals surface area (Å²) >= 11 is 6.43. The number of benzene rings is 3. The van der Waals surface area contributed by atoms with Gasteiger partial charge in [-0.05, 0) is 66.3 Å². The molecule has 0 aromatic heterocycles. The molecule has 5 nitrogen and oxygen atoms in total. The quantitative estimate of drug-likeness (QED) is 0.384. The molecule has 3 aromatic carbocycles. The summed E-state index contributed by atoms with van der Waals surface area (Å²) in [6.07, 6.45) is -1.49. The highest BCUT2D eigenvalue weighted by Gasteiger charge is 2.43. The first-order chi connectivity index (χ1) is 16.6. The van der Waals surface area contributed by atoms with Crippen molar-refractivity contribution in [3.8, 4) is 5.75 Å². The highest BCUT2D eigenvalue weighted by Crippen LogP contribution is 2.50. The van der Waals surface area contributed by atoms with Crippen molar-refractivity contribution in [3.05, 3.63) is 87.4 Å². The van der Waals surface area contributed by atoms with Crippen LogP contribution in [0.1, 0.15) is 51.4 Å². The topological polar surface area (TPSA) is 77.8 Å². The van der Waals surface area contributed by atoms with Gasteiger partial charge in [0.05, 0.1) is 22.5 Å². The summed E-state index contributed by atoms with van der Waals surface area (Å²) in [6.45, 7) is 0. The Morgan fingerprint density at radius 1 is 1.09 bits per heavy atom. The van der Waals surface area contributed by atoms with E-state index in [4.69, 9.17) is 11.6 Å². The first-order valence-corrected chi connectivity index (χ1v) is 11.1. The minimum absolute atomic E-state index is 0.0291. The van der Waals surface area contributed by atoms with Crippen molar-refractivity contribution >= 4 is 46.5 Å². The second-order valence-electron chi connectivity index (χ2n) is 8.42. The number of carboxylic acids is 1. The largest absolute Gasteiger partial charge is 0.507 e. The van der Waals surface area contributed by atoms with E-state index in [2.05, 4.69) is 0 Å². The zero-order chi connectivity index (χ0) is 25.1. The van der Waals surface area contributed by atoms with Crippen LogP contribution < -0.4 is 4.90 Å². The van der Waals surface area contributed by atoms with E-state index in [-0.39, 0.29) is 28.4 Å². The molecule has 1 saturated carbocycles. The molecule has 0 atom stereocenters. The molecular formula is C26H17ClF3NO4. The van der Waals surface area contributed by atoms with E-state index >= 15 is 0 Å². The summed E-state index contributed by atoms with van der Waals surface area (Å²) in [5, 5.41) is 19.7. The van der Waals surface area contributed by atoms with Gasteiger partial charge in [-0.25, -0.2) is 4.79 Å². The molecule has 178 valence electrons. The Bertz CT molecular complexity index is 1430. The van der Waals surface area contributed by atoms with Gasteiger partial charge in [-0.15, -0.1) is 0 Å². The van der Waals surface area contributed by atoms with E-state index in [1.54, 1.807) is 12.1 Å². The fourth-order valence-electron chi connectivity index (χ4n) is 4.41. The van der Waals surface area contributed by atoms with Crippen LogP contribution in [0, 0.1) is 0 Å². The van der Waals surface area contributed by atoms with Gasteiger partial charge in [0, 0.05) is 16.7 Å². The van der Waals surface area contributed by atoms with Crippen LogP contribution in [0.5, 0.6) is 5.75 Å². The molecule has 0 saturated heterocycles. The normalized spacial score (nSPS) is 16.6. The number of aromatic carboxylic acids is 1. The maximum atomic E-state index is 14.0. The molecule has 0 spiro atoms. The number of rotatable bonds is 4. The highest BCUT2D eigenvalue weighted by atomic mass is 35.5. The van der Waals surface area contributed by atoms with Gasteiger partial charge >= 0.3 is 12.1 Å². The number of fused-ring (bicyclic) bond motifs is 1. The highest BCUT2D eigenvalue weighted by molar-refractivity contribution is 6.39. The van der Waals surface area contributed by atoms with Crippen LogP contribution in [0.15, 0.2) is 54.6 Å². The van der Waals surface area contributed by atoms with Gasteiger partial charge < -0.3 is 10.2 Å². The Balaban J connectivity index is 1.75. The number of nitrogens with zero attached hydrogens (tertiary/aromatic N) is 1. The lowest BCUT2D eigenvalue weighted by molar-refractivity contribution is -0.137. The fraction of sp³-hybridized carbons (Fsp3) is 0.154. The number of anilines is 2. The number of carbonyl (C=O) groups excluding carboxylic acids is 1. The molecule has 0 radical (unpaired) electrons. The Hall–Kier alpha value is -3.78. The minimum atomic E-state index is -4.74. The van der Waals surface area contributed by atoms with Gasteiger partial charge in [-0.3, -0.25) is 9.69 Å². The van der Waals surface area contributed by atoms with Crippen LogP contribution in [0.4, 0.5) is 24.5 Å². The third-order valence-electron chi connectivity index (χ3n) is 6.15. The lowest BCUT2D eigenvalue weighted by atomic mass is 9.95. The third kappa shape index (κ3) is 3.93. The SMILES string of the molecule is O=C(O)c1ccc(N2C(=O)/C(=C\c3c(Cl)cccc3C3CC3)c3c2cccc3C(F)(F)F)cc1O. The predicted molar refractivity (Wildman–Crippen MR) is 125 cm³/mol. The van der Waals surface area contributed by atoms with Crippen molar-refractivity contribution < 1.29 is 33.0 Å². The molecule has 1 amide bonds. The third-order valence-corrected chi connectivity index (χ3v) is 6.48. The van der Waals surface area contributed by atoms with E-state index in [1.807, 2.05) is 6.07 Å². The smallest absolute Gasteiger partial charge is 0.417 e. The molecule has 1 aliphatic carbocycles. The van der Waals surface area contributed by atoms with E-state index in [0.29, 0.717) is 10.6 Å². The Morgan fingerprint density at radius 2 is 1.80 bits per heavy atom. The molecule has 1 fully saturated rings. The average molecular weight is 500 g/mol. The number of phenols is 1. The van der Waals surface area contributed by atoms with Crippen molar-refractivity contribution in [2.24, 2.45) is 0 Å². The number of alkyl halides is 3. The summed E-state index contributed by atoms with van der Waals surface area (Å²) < 4.78 is 42.1. The number of halogens is 4. The monoisotopic (exact) mass is 499 g/mol. The zero-order valence-corrected chi connectivity index (χ0v) is 18.7. The van der Waals surface area contributed by atoms with Gasteiger partial charge in [0.2, 0.25) is 0 Å². The van der Waals surface area contributed by atoms with Gasteiger partial charge in [0.25, 0.3) is 5.91 Å². The van der Waals surface area contributed by atoms with Crippen molar-refractivity contribution in [2.75, 3.05) is 4.90 Å². The summed E-state index contributed by atoms with van der Waals surface area (Å²) in [5.41, 5.74) is -0.506. The van der Waals surface area contributed by atoms with Gasteiger partial charge in [0.15, 0.2) is 0 Å². The van der Waals surface area contributed by atoms with Crippen LogP contribution >= 0.6 is 11.6 Å². The summed E-state index contributed by atoms with van der Waals surface area (Å²) in [4.78, 5) is 25.9. The molecule has 1 aliphatic heterocycles. The molecule has 35 heavy (non-hydrogen) atoms. The maximum absolute atomic E-state index is 14.0. The number of carbonyl (C=O) groups is 2. The molecule has 3 aromatic rings.